The lowest BCUT2D eigenvalue weighted by Gasteiger charge is -2.21. The predicted octanol–water partition coefficient (Wildman–Crippen LogP) is 14.7. The van der Waals surface area contributed by atoms with E-state index in [-0.39, 0.29) is 0 Å². The standard InChI is InChI=1S/C50H34S/c1-2-32-26-29-44-47(30-32)51-46-25-13-24-38(50(44)46)36-17-6-7-18-37(36)48-39-19-8-10-21-41(39)49(42-22-11-9-20-40(42)48)43-23-12-16-34-27-28-35(31-45(34)43)33-14-4-3-5-15-33/h3-31H,2H2,1H3. The van der Waals surface area contributed by atoms with Crippen LogP contribution in [-0.4, -0.2) is 0 Å². The Labute approximate surface area is 301 Å². The van der Waals surface area contributed by atoms with Gasteiger partial charge in [0, 0.05) is 20.2 Å². The summed E-state index contributed by atoms with van der Waals surface area (Å²) in [5.41, 5.74) is 11.5. The lowest BCUT2D eigenvalue weighted by atomic mass is 9.82. The van der Waals surface area contributed by atoms with Crippen molar-refractivity contribution in [1.82, 2.24) is 0 Å². The molecule has 240 valence electrons. The summed E-state index contributed by atoms with van der Waals surface area (Å²) in [6.45, 7) is 2.23. The third-order valence-corrected chi connectivity index (χ3v) is 11.8. The van der Waals surface area contributed by atoms with E-state index in [9.17, 15) is 0 Å². The molecule has 1 aromatic heterocycles. The van der Waals surface area contributed by atoms with Crippen LogP contribution in [0.2, 0.25) is 0 Å². The van der Waals surface area contributed by atoms with E-state index in [4.69, 9.17) is 0 Å². The van der Waals surface area contributed by atoms with E-state index in [1.54, 1.807) is 0 Å². The molecule has 0 N–H and O–H groups in total. The van der Waals surface area contributed by atoms with E-state index in [1.807, 2.05) is 11.3 Å². The van der Waals surface area contributed by atoms with Crippen molar-refractivity contribution >= 4 is 63.8 Å². The second kappa shape index (κ2) is 12.1. The summed E-state index contributed by atoms with van der Waals surface area (Å²) >= 11 is 1.91. The van der Waals surface area contributed by atoms with E-state index in [2.05, 4.69) is 183 Å². The van der Waals surface area contributed by atoms with Crippen molar-refractivity contribution in [1.29, 1.82) is 0 Å². The molecular weight excluding hydrogens is 633 g/mol. The van der Waals surface area contributed by atoms with Crippen molar-refractivity contribution in [3.05, 3.63) is 181 Å². The molecule has 0 nitrogen and oxygen atoms in total. The van der Waals surface area contributed by atoms with Crippen molar-refractivity contribution < 1.29 is 0 Å². The quantitative estimate of drug-likeness (QED) is 0.160. The molecular formula is C50H34S. The topological polar surface area (TPSA) is 0 Å². The number of rotatable bonds is 5. The van der Waals surface area contributed by atoms with E-state index < -0.39 is 0 Å². The molecule has 0 atom stereocenters. The van der Waals surface area contributed by atoms with Crippen molar-refractivity contribution in [3.8, 4) is 44.5 Å². The van der Waals surface area contributed by atoms with E-state index >= 15 is 0 Å². The highest BCUT2D eigenvalue weighted by Gasteiger charge is 2.21. The first-order valence-corrected chi connectivity index (χ1v) is 18.6. The highest BCUT2D eigenvalue weighted by Crippen LogP contribution is 2.49. The van der Waals surface area contributed by atoms with Gasteiger partial charge in [0.05, 0.1) is 0 Å². The van der Waals surface area contributed by atoms with Gasteiger partial charge in [-0.1, -0.05) is 165 Å². The van der Waals surface area contributed by atoms with Gasteiger partial charge in [-0.25, -0.2) is 0 Å². The first-order valence-electron chi connectivity index (χ1n) is 17.8. The van der Waals surface area contributed by atoms with Crippen LogP contribution >= 0.6 is 11.3 Å². The van der Waals surface area contributed by atoms with Gasteiger partial charge in [0.15, 0.2) is 0 Å². The number of aryl methyl sites for hydroxylation is 1. The zero-order valence-corrected chi connectivity index (χ0v) is 29.2. The van der Waals surface area contributed by atoms with Crippen molar-refractivity contribution in [2.45, 2.75) is 13.3 Å². The number of hydrogen-bond donors (Lipinski definition) is 0. The molecule has 0 saturated heterocycles. The van der Waals surface area contributed by atoms with Crippen molar-refractivity contribution in [2.75, 3.05) is 0 Å². The van der Waals surface area contributed by atoms with E-state index in [0.717, 1.165) is 6.42 Å². The Morgan fingerprint density at radius 2 is 0.980 bits per heavy atom. The molecule has 10 aromatic rings. The predicted molar refractivity (Wildman–Crippen MR) is 223 cm³/mol. The molecule has 0 aliphatic heterocycles. The molecule has 0 aliphatic carbocycles. The molecule has 0 radical (unpaired) electrons. The van der Waals surface area contributed by atoms with Crippen LogP contribution in [0.25, 0.3) is 97.0 Å². The van der Waals surface area contributed by atoms with Crippen LogP contribution in [0.1, 0.15) is 12.5 Å². The maximum Gasteiger partial charge on any atom is 0.0361 e. The second-order valence-electron chi connectivity index (χ2n) is 13.5. The van der Waals surface area contributed by atoms with Crippen molar-refractivity contribution in [2.24, 2.45) is 0 Å². The zero-order chi connectivity index (χ0) is 33.9. The van der Waals surface area contributed by atoms with Crippen LogP contribution in [0.3, 0.4) is 0 Å². The maximum atomic E-state index is 2.38. The van der Waals surface area contributed by atoms with Crippen molar-refractivity contribution in [3.63, 3.8) is 0 Å². The third kappa shape index (κ3) is 4.81. The first kappa shape index (κ1) is 29.9. The Hall–Kier alpha value is -6.02. The minimum atomic E-state index is 1.04. The molecule has 1 heteroatoms. The Kier molecular flexibility index (Phi) is 7.08. The summed E-state index contributed by atoms with van der Waals surface area (Å²) < 4.78 is 2.70. The van der Waals surface area contributed by atoms with Gasteiger partial charge in [-0.15, -0.1) is 11.3 Å². The van der Waals surface area contributed by atoms with Crippen LogP contribution in [0.15, 0.2) is 176 Å². The van der Waals surface area contributed by atoms with Gasteiger partial charge >= 0.3 is 0 Å². The van der Waals surface area contributed by atoms with E-state index in [1.165, 1.54) is 103 Å². The molecule has 0 fully saturated rings. The van der Waals surface area contributed by atoms with Gasteiger partial charge in [-0.2, -0.15) is 0 Å². The Bertz CT molecular complexity index is 2890. The molecule has 0 saturated carbocycles. The number of fused-ring (bicyclic) bond motifs is 6. The summed E-state index contributed by atoms with van der Waals surface area (Å²) in [6.07, 6.45) is 1.04. The van der Waals surface area contributed by atoms with Crippen LogP contribution in [-0.2, 0) is 6.42 Å². The minimum Gasteiger partial charge on any atom is -0.135 e. The smallest absolute Gasteiger partial charge is 0.0361 e. The molecule has 0 aliphatic rings. The fraction of sp³-hybridized carbons (Fsp3) is 0.0400. The Morgan fingerprint density at radius 3 is 1.71 bits per heavy atom. The SMILES string of the molecule is CCc1ccc2c(c1)sc1cccc(-c3ccccc3-c3c4ccccc4c(-c4cccc5ccc(-c6ccccc6)cc45)c4ccccc34)c12. The van der Waals surface area contributed by atoms with Gasteiger partial charge < -0.3 is 0 Å². The zero-order valence-electron chi connectivity index (χ0n) is 28.4. The van der Waals surface area contributed by atoms with Crippen LogP contribution in [0.4, 0.5) is 0 Å². The molecule has 0 amide bonds. The highest BCUT2D eigenvalue weighted by atomic mass is 32.1. The van der Waals surface area contributed by atoms with Gasteiger partial charge in [0.2, 0.25) is 0 Å². The summed E-state index contributed by atoms with van der Waals surface area (Å²) in [7, 11) is 0. The summed E-state index contributed by atoms with van der Waals surface area (Å²) in [5, 5.41) is 10.3. The molecule has 10 rings (SSSR count). The molecule has 0 spiro atoms. The lowest BCUT2D eigenvalue weighted by molar-refractivity contribution is 1.15. The molecule has 0 unspecified atom stereocenters. The Balaban J connectivity index is 1.27. The number of thiophene rings is 1. The van der Waals surface area contributed by atoms with Crippen LogP contribution in [0.5, 0.6) is 0 Å². The monoisotopic (exact) mass is 666 g/mol. The summed E-state index contributed by atoms with van der Waals surface area (Å²) in [6, 6.07) is 65.3. The number of hydrogen-bond acceptors (Lipinski definition) is 1. The minimum absolute atomic E-state index is 1.04. The summed E-state index contributed by atoms with van der Waals surface area (Å²) in [5.74, 6) is 0. The molecule has 1 heterocycles. The first-order chi connectivity index (χ1) is 25.3. The summed E-state index contributed by atoms with van der Waals surface area (Å²) in [4.78, 5) is 0. The molecule has 51 heavy (non-hydrogen) atoms. The number of benzene rings is 9. The average Bonchev–Trinajstić information content (AvgIpc) is 3.58. The van der Waals surface area contributed by atoms with E-state index in [0.29, 0.717) is 0 Å². The van der Waals surface area contributed by atoms with Gasteiger partial charge in [0.25, 0.3) is 0 Å². The molecule has 0 bridgehead atoms. The lowest BCUT2D eigenvalue weighted by Crippen LogP contribution is -1.93. The van der Waals surface area contributed by atoms with Crippen LogP contribution in [0, 0.1) is 0 Å². The Morgan fingerprint density at radius 1 is 0.373 bits per heavy atom. The molecule has 9 aromatic carbocycles. The fourth-order valence-corrected chi connectivity index (χ4v) is 9.46. The maximum absolute atomic E-state index is 2.38. The third-order valence-electron chi connectivity index (χ3n) is 10.6. The van der Waals surface area contributed by atoms with Gasteiger partial charge in [-0.3, -0.25) is 0 Å². The van der Waals surface area contributed by atoms with Crippen LogP contribution < -0.4 is 0 Å². The fourth-order valence-electron chi connectivity index (χ4n) is 8.26. The highest BCUT2D eigenvalue weighted by molar-refractivity contribution is 7.26. The van der Waals surface area contributed by atoms with Gasteiger partial charge in [-0.05, 0) is 107 Å². The largest absolute Gasteiger partial charge is 0.135 e. The average molecular weight is 667 g/mol. The second-order valence-corrected chi connectivity index (χ2v) is 14.5. The normalized spacial score (nSPS) is 11.7. The van der Waals surface area contributed by atoms with Gasteiger partial charge in [0.1, 0.15) is 0 Å².